The third kappa shape index (κ3) is 4.14. The molecule has 0 bridgehead atoms. The van der Waals surface area contributed by atoms with Crippen LogP contribution in [0.5, 0.6) is 0 Å². The van der Waals surface area contributed by atoms with Crippen molar-refractivity contribution < 1.29 is 13.2 Å². The molecule has 5 nitrogen and oxygen atoms in total. The molecule has 25 heavy (non-hydrogen) atoms. The largest absolute Gasteiger partial charge is 0.375 e. The normalized spacial score (nSPS) is 18.2. The zero-order valence-electron chi connectivity index (χ0n) is 14.8. The van der Waals surface area contributed by atoms with Gasteiger partial charge in [0.15, 0.2) is 0 Å². The van der Waals surface area contributed by atoms with Crippen molar-refractivity contribution in [3.63, 3.8) is 0 Å². The Morgan fingerprint density at radius 3 is 2.52 bits per heavy atom. The highest BCUT2D eigenvalue weighted by Gasteiger charge is 2.19. The third-order valence-corrected chi connectivity index (χ3v) is 5.88. The van der Waals surface area contributed by atoms with Gasteiger partial charge in [0.25, 0.3) is 10.0 Å². The van der Waals surface area contributed by atoms with Crippen LogP contribution in [0.25, 0.3) is 0 Å². The highest BCUT2D eigenvalue weighted by atomic mass is 32.2. The molecule has 1 N–H and O–H groups in total. The third-order valence-electron chi connectivity index (χ3n) is 4.36. The van der Waals surface area contributed by atoms with Gasteiger partial charge < -0.3 is 9.64 Å². The maximum Gasteiger partial charge on any atom is 0.262 e. The molecule has 1 fully saturated rings. The van der Waals surface area contributed by atoms with E-state index in [2.05, 4.69) is 16.5 Å². The van der Waals surface area contributed by atoms with Gasteiger partial charge in [-0.1, -0.05) is 12.1 Å². The monoisotopic (exact) mass is 360 g/mol. The highest BCUT2D eigenvalue weighted by Crippen LogP contribution is 2.24. The molecule has 6 heteroatoms. The summed E-state index contributed by atoms with van der Waals surface area (Å²) in [6.07, 6.45) is 0.205. The van der Waals surface area contributed by atoms with Gasteiger partial charge in [-0.3, -0.25) is 4.72 Å². The average Bonchev–Trinajstić information content (AvgIpc) is 2.57. The molecule has 0 amide bonds. The predicted molar refractivity (Wildman–Crippen MR) is 101 cm³/mol. The molecule has 2 aromatic rings. The molecule has 134 valence electrons. The molecule has 2 aromatic carbocycles. The van der Waals surface area contributed by atoms with Gasteiger partial charge in [0.05, 0.1) is 17.6 Å². The quantitative estimate of drug-likeness (QED) is 0.909. The SMILES string of the molecule is Cc1ccc(C)c(S(=O)(=O)Nc2ccc(N3CCOC(C)C3)cc2)c1. The summed E-state index contributed by atoms with van der Waals surface area (Å²) in [5.74, 6) is 0. The van der Waals surface area contributed by atoms with Gasteiger partial charge in [0.2, 0.25) is 0 Å². The fourth-order valence-electron chi connectivity index (χ4n) is 3.00. The van der Waals surface area contributed by atoms with Crippen molar-refractivity contribution in [3.05, 3.63) is 53.6 Å². The molecule has 1 aliphatic rings. The maximum absolute atomic E-state index is 12.7. The summed E-state index contributed by atoms with van der Waals surface area (Å²) < 4.78 is 33.6. The molecule has 0 saturated carbocycles. The Kier molecular flexibility index (Phi) is 5.01. The number of anilines is 2. The van der Waals surface area contributed by atoms with E-state index < -0.39 is 10.0 Å². The van der Waals surface area contributed by atoms with Gasteiger partial charge in [-0.05, 0) is 62.2 Å². The smallest absolute Gasteiger partial charge is 0.262 e. The van der Waals surface area contributed by atoms with E-state index in [0.717, 1.165) is 29.9 Å². The Balaban J connectivity index is 1.77. The number of morpholine rings is 1. The minimum atomic E-state index is -3.60. The van der Waals surface area contributed by atoms with Crippen molar-refractivity contribution in [2.75, 3.05) is 29.3 Å². The van der Waals surface area contributed by atoms with Crippen LogP contribution in [0.3, 0.4) is 0 Å². The molecule has 1 saturated heterocycles. The van der Waals surface area contributed by atoms with Crippen molar-refractivity contribution >= 4 is 21.4 Å². The summed E-state index contributed by atoms with van der Waals surface area (Å²) in [6.45, 7) is 8.14. The zero-order chi connectivity index (χ0) is 18.0. The molecule has 0 spiro atoms. The van der Waals surface area contributed by atoms with Crippen molar-refractivity contribution in [1.82, 2.24) is 0 Å². The second kappa shape index (κ2) is 7.06. The van der Waals surface area contributed by atoms with Gasteiger partial charge in [0, 0.05) is 24.5 Å². The Bertz CT molecular complexity index is 847. The number of hydrogen-bond acceptors (Lipinski definition) is 4. The second-order valence-electron chi connectivity index (χ2n) is 6.55. The molecule has 0 aliphatic carbocycles. The number of rotatable bonds is 4. The molecule has 0 aromatic heterocycles. The summed E-state index contributed by atoms with van der Waals surface area (Å²) in [4.78, 5) is 2.57. The van der Waals surface area contributed by atoms with Crippen LogP contribution in [0.15, 0.2) is 47.4 Å². The van der Waals surface area contributed by atoms with Crippen LogP contribution >= 0.6 is 0 Å². The number of benzene rings is 2. The van der Waals surface area contributed by atoms with Crippen LogP contribution in [0.4, 0.5) is 11.4 Å². The average molecular weight is 360 g/mol. The Hall–Kier alpha value is -2.05. The minimum absolute atomic E-state index is 0.205. The first-order chi connectivity index (χ1) is 11.8. The Labute approximate surface area is 149 Å². The predicted octanol–water partition coefficient (Wildman–Crippen LogP) is 3.33. The molecular weight excluding hydrogens is 336 g/mol. The molecule has 1 aliphatic heterocycles. The van der Waals surface area contributed by atoms with Crippen molar-refractivity contribution in [2.24, 2.45) is 0 Å². The fraction of sp³-hybridized carbons (Fsp3) is 0.368. The van der Waals surface area contributed by atoms with Gasteiger partial charge in [-0.15, -0.1) is 0 Å². The van der Waals surface area contributed by atoms with Crippen molar-refractivity contribution in [2.45, 2.75) is 31.8 Å². The van der Waals surface area contributed by atoms with Gasteiger partial charge >= 0.3 is 0 Å². The number of nitrogens with one attached hydrogen (secondary N) is 1. The first-order valence-electron chi connectivity index (χ1n) is 8.42. The lowest BCUT2D eigenvalue weighted by Crippen LogP contribution is -2.41. The second-order valence-corrected chi connectivity index (χ2v) is 8.20. The maximum atomic E-state index is 12.7. The Morgan fingerprint density at radius 1 is 1.12 bits per heavy atom. The molecule has 1 unspecified atom stereocenters. The lowest BCUT2D eigenvalue weighted by Gasteiger charge is -2.33. The van der Waals surface area contributed by atoms with Crippen molar-refractivity contribution in [3.8, 4) is 0 Å². The van der Waals surface area contributed by atoms with E-state index in [-0.39, 0.29) is 6.10 Å². The summed E-state index contributed by atoms with van der Waals surface area (Å²) >= 11 is 0. The number of sulfonamides is 1. The van der Waals surface area contributed by atoms with E-state index in [9.17, 15) is 8.42 Å². The van der Waals surface area contributed by atoms with Crippen LogP contribution < -0.4 is 9.62 Å². The number of nitrogens with zero attached hydrogens (tertiary/aromatic N) is 1. The summed E-state index contributed by atoms with van der Waals surface area (Å²) in [5, 5.41) is 0. The van der Waals surface area contributed by atoms with Crippen LogP contribution in [0, 0.1) is 13.8 Å². The first-order valence-corrected chi connectivity index (χ1v) is 9.90. The van der Waals surface area contributed by atoms with Crippen LogP contribution in [-0.2, 0) is 14.8 Å². The summed E-state index contributed by atoms with van der Waals surface area (Å²) in [6, 6.07) is 12.9. The highest BCUT2D eigenvalue weighted by molar-refractivity contribution is 7.92. The molecule has 1 atom stereocenters. The number of aryl methyl sites for hydroxylation is 2. The zero-order valence-corrected chi connectivity index (χ0v) is 15.6. The van der Waals surface area contributed by atoms with E-state index in [4.69, 9.17) is 4.74 Å². The summed E-state index contributed by atoms with van der Waals surface area (Å²) in [5.41, 5.74) is 3.29. The number of hydrogen-bond donors (Lipinski definition) is 1. The van der Waals surface area contributed by atoms with E-state index in [1.165, 1.54) is 0 Å². The van der Waals surface area contributed by atoms with E-state index in [1.807, 2.05) is 31.2 Å². The standard InChI is InChI=1S/C19H24N2O3S/c1-14-4-5-15(2)19(12-14)25(22,23)20-17-6-8-18(9-7-17)21-10-11-24-16(3)13-21/h4-9,12,16,20H,10-11,13H2,1-3H3. The van der Waals surface area contributed by atoms with Crippen molar-refractivity contribution in [1.29, 1.82) is 0 Å². The van der Waals surface area contributed by atoms with E-state index >= 15 is 0 Å². The van der Waals surface area contributed by atoms with Crippen LogP contribution in [-0.4, -0.2) is 34.2 Å². The molecule has 1 heterocycles. The lowest BCUT2D eigenvalue weighted by atomic mass is 10.2. The molecule has 3 rings (SSSR count). The van der Waals surface area contributed by atoms with Crippen LogP contribution in [0.2, 0.25) is 0 Å². The van der Waals surface area contributed by atoms with Gasteiger partial charge in [-0.2, -0.15) is 0 Å². The summed E-state index contributed by atoms with van der Waals surface area (Å²) in [7, 11) is -3.60. The van der Waals surface area contributed by atoms with E-state index in [0.29, 0.717) is 17.2 Å². The number of ether oxygens (including phenoxy) is 1. The van der Waals surface area contributed by atoms with Gasteiger partial charge in [-0.25, -0.2) is 8.42 Å². The van der Waals surface area contributed by atoms with Gasteiger partial charge in [0.1, 0.15) is 0 Å². The Morgan fingerprint density at radius 2 is 1.84 bits per heavy atom. The van der Waals surface area contributed by atoms with E-state index in [1.54, 1.807) is 25.1 Å². The van der Waals surface area contributed by atoms with Crippen LogP contribution in [0.1, 0.15) is 18.1 Å². The fourth-order valence-corrected chi connectivity index (χ4v) is 4.39. The molecule has 0 radical (unpaired) electrons. The lowest BCUT2D eigenvalue weighted by molar-refractivity contribution is 0.0532. The minimum Gasteiger partial charge on any atom is -0.375 e. The first kappa shape index (κ1) is 17.8. The topological polar surface area (TPSA) is 58.6 Å². The molecular formula is C19H24N2O3S.